The van der Waals surface area contributed by atoms with Crippen LogP contribution in [0.4, 0.5) is 0 Å². The molecular weight excluding hydrogens is 382 g/mol. The van der Waals surface area contributed by atoms with Gasteiger partial charge in [0.25, 0.3) is 5.91 Å². The van der Waals surface area contributed by atoms with Crippen LogP contribution in [-0.2, 0) is 11.8 Å². The van der Waals surface area contributed by atoms with Gasteiger partial charge in [0.05, 0.1) is 23.1 Å². The second-order valence-corrected chi connectivity index (χ2v) is 7.93. The minimum absolute atomic E-state index is 0.00886. The largest absolute Gasteiger partial charge is 0.482 e. The van der Waals surface area contributed by atoms with Crippen LogP contribution in [0.3, 0.4) is 0 Å². The third-order valence-corrected chi connectivity index (χ3v) is 5.58. The van der Waals surface area contributed by atoms with E-state index in [2.05, 4.69) is 15.5 Å². The highest BCUT2D eigenvalue weighted by Crippen LogP contribution is 2.39. The van der Waals surface area contributed by atoms with Crippen molar-refractivity contribution in [1.29, 1.82) is 0 Å². The van der Waals surface area contributed by atoms with Crippen molar-refractivity contribution >= 4 is 5.91 Å². The molecule has 30 heavy (non-hydrogen) atoms. The van der Waals surface area contributed by atoms with Crippen molar-refractivity contribution in [2.45, 2.75) is 38.5 Å². The van der Waals surface area contributed by atoms with E-state index in [1.54, 1.807) is 24.5 Å². The van der Waals surface area contributed by atoms with Gasteiger partial charge in [0, 0.05) is 38.0 Å². The molecule has 0 aromatic carbocycles. The smallest absolute Gasteiger partial charge is 0.257 e. The van der Waals surface area contributed by atoms with Crippen LogP contribution in [0.5, 0.6) is 5.75 Å². The Hall–Kier alpha value is -3.16. The molecule has 1 aliphatic carbocycles. The fraction of sp³-hybridized carbons (Fsp3) is 0.455. The Labute approximate surface area is 175 Å². The first kappa shape index (κ1) is 20.1. The zero-order chi connectivity index (χ0) is 20.9. The molecule has 1 amide bonds. The van der Waals surface area contributed by atoms with Crippen molar-refractivity contribution in [2.24, 2.45) is 13.0 Å². The van der Waals surface area contributed by atoms with Crippen LogP contribution in [0.25, 0.3) is 11.3 Å². The highest BCUT2D eigenvalue weighted by molar-refractivity contribution is 5.77. The molecule has 0 spiro atoms. The Bertz CT molecular complexity index is 974. The summed E-state index contributed by atoms with van der Waals surface area (Å²) in [6.45, 7) is 2.61. The number of rotatable bonds is 7. The van der Waals surface area contributed by atoms with Crippen molar-refractivity contribution in [3.05, 3.63) is 48.2 Å². The fourth-order valence-corrected chi connectivity index (χ4v) is 4.02. The summed E-state index contributed by atoms with van der Waals surface area (Å²) < 4.78 is 12.8. The fourth-order valence-electron chi connectivity index (χ4n) is 4.02. The third kappa shape index (κ3) is 4.87. The molecular formula is C22H27N5O3. The molecule has 1 aliphatic rings. The maximum absolute atomic E-state index is 12.1. The van der Waals surface area contributed by atoms with Crippen molar-refractivity contribution in [3.8, 4) is 17.1 Å². The van der Waals surface area contributed by atoms with E-state index in [0.717, 1.165) is 48.4 Å². The van der Waals surface area contributed by atoms with Crippen molar-refractivity contribution in [2.75, 3.05) is 13.2 Å². The first-order valence-corrected chi connectivity index (χ1v) is 10.3. The quantitative estimate of drug-likeness (QED) is 0.644. The average Bonchev–Trinajstić information content (AvgIpc) is 3.37. The number of hydrogen-bond acceptors (Lipinski definition) is 6. The van der Waals surface area contributed by atoms with Crippen LogP contribution in [0.1, 0.15) is 43.0 Å². The highest BCUT2D eigenvalue weighted by Gasteiger charge is 2.28. The van der Waals surface area contributed by atoms with Gasteiger partial charge in [-0.25, -0.2) is 0 Å². The maximum atomic E-state index is 12.1. The molecule has 0 saturated heterocycles. The number of nitrogens with one attached hydrogen (secondary N) is 1. The van der Waals surface area contributed by atoms with E-state index in [0.29, 0.717) is 24.1 Å². The van der Waals surface area contributed by atoms with Gasteiger partial charge in [-0.3, -0.25) is 14.5 Å². The monoisotopic (exact) mass is 409 g/mol. The van der Waals surface area contributed by atoms with Gasteiger partial charge < -0.3 is 14.6 Å². The summed E-state index contributed by atoms with van der Waals surface area (Å²) >= 11 is 0. The van der Waals surface area contributed by atoms with Crippen molar-refractivity contribution in [3.63, 3.8) is 0 Å². The molecule has 158 valence electrons. The minimum Gasteiger partial charge on any atom is -0.482 e. The number of nitrogens with zero attached hydrogens (tertiary/aromatic N) is 4. The normalized spacial score (nSPS) is 18.9. The number of ether oxygens (including phenoxy) is 1. The van der Waals surface area contributed by atoms with E-state index < -0.39 is 0 Å². The lowest BCUT2D eigenvalue weighted by molar-refractivity contribution is -0.123. The highest BCUT2D eigenvalue weighted by atomic mass is 16.5. The zero-order valence-electron chi connectivity index (χ0n) is 17.4. The average molecular weight is 409 g/mol. The molecule has 8 nitrogen and oxygen atoms in total. The summed E-state index contributed by atoms with van der Waals surface area (Å²) in [6.07, 6.45) is 9.47. The molecule has 3 aromatic rings. The van der Waals surface area contributed by atoms with E-state index in [1.807, 2.05) is 30.9 Å². The first-order chi connectivity index (χ1) is 14.6. The summed E-state index contributed by atoms with van der Waals surface area (Å²) in [6, 6.07) is 5.52. The van der Waals surface area contributed by atoms with Crippen LogP contribution < -0.4 is 10.1 Å². The van der Waals surface area contributed by atoms with Gasteiger partial charge in [0.1, 0.15) is 5.75 Å². The van der Waals surface area contributed by atoms with E-state index in [9.17, 15) is 4.79 Å². The van der Waals surface area contributed by atoms with Crippen LogP contribution >= 0.6 is 0 Å². The summed E-state index contributed by atoms with van der Waals surface area (Å²) in [4.78, 5) is 16.0. The molecule has 0 radical (unpaired) electrons. The topological polar surface area (TPSA) is 95.1 Å². The Kier molecular flexibility index (Phi) is 6.11. The predicted octanol–water partition coefficient (Wildman–Crippen LogP) is 3.25. The molecule has 4 rings (SSSR count). The number of carbonyl (C=O) groups is 1. The number of amides is 1. The van der Waals surface area contributed by atoms with Crippen LogP contribution in [0, 0.1) is 12.8 Å². The second kappa shape index (κ2) is 9.11. The van der Waals surface area contributed by atoms with Gasteiger partial charge in [0.2, 0.25) is 0 Å². The van der Waals surface area contributed by atoms with Gasteiger partial charge in [-0.15, -0.1) is 0 Å². The summed E-state index contributed by atoms with van der Waals surface area (Å²) in [5.41, 5.74) is 2.98. The van der Waals surface area contributed by atoms with Crippen molar-refractivity contribution < 1.29 is 14.1 Å². The first-order valence-electron chi connectivity index (χ1n) is 10.3. The van der Waals surface area contributed by atoms with E-state index in [4.69, 9.17) is 14.4 Å². The van der Waals surface area contributed by atoms with Gasteiger partial charge in [-0.1, -0.05) is 5.16 Å². The van der Waals surface area contributed by atoms with Gasteiger partial charge in [-0.2, -0.15) is 5.10 Å². The molecule has 1 saturated carbocycles. The molecule has 8 heteroatoms. The van der Waals surface area contributed by atoms with Crippen LogP contribution in [0.2, 0.25) is 0 Å². The minimum atomic E-state index is -0.103. The van der Waals surface area contributed by atoms with Gasteiger partial charge >= 0.3 is 0 Å². The molecule has 0 atom stereocenters. The summed E-state index contributed by atoms with van der Waals surface area (Å²) in [7, 11) is 1.94. The molecule has 1 fully saturated rings. The van der Waals surface area contributed by atoms with E-state index >= 15 is 0 Å². The SMILES string of the molecule is Cc1cc(-c2cn(C)nc2C2CCC(CNC(=O)COc3cccnc3)CC2)on1. The lowest BCUT2D eigenvalue weighted by atomic mass is 9.79. The van der Waals surface area contributed by atoms with E-state index in [1.165, 1.54) is 0 Å². The summed E-state index contributed by atoms with van der Waals surface area (Å²) in [5.74, 6) is 2.14. The van der Waals surface area contributed by atoms with Crippen molar-refractivity contribution in [1.82, 2.24) is 25.2 Å². The summed E-state index contributed by atoms with van der Waals surface area (Å²) in [5, 5.41) is 11.7. The number of carbonyl (C=O) groups excluding carboxylic acids is 1. The zero-order valence-corrected chi connectivity index (χ0v) is 17.4. The molecule has 0 unspecified atom stereocenters. The Morgan fingerprint density at radius 3 is 2.87 bits per heavy atom. The second-order valence-electron chi connectivity index (χ2n) is 7.93. The maximum Gasteiger partial charge on any atom is 0.257 e. The molecule has 3 aromatic heterocycles. The third-order valence-electron chi connectivity index (χ3n) is 5.58. The number of aromatic nitrogens is 4. The standard InChI is InChI=1S/C22H27N5O3/c1-15-10-20(30-26-15)19-13-27(2)25-22(19)17-7-5-16(6-8-17)11-24-21(28)14-29-18-4-3-9-23-12-18/h3-4,9-10,12-13,16-17H,5-8,11,14H2,1-2H3,(H,24,28). The predicted molar refractivity (Wildman–Crippen MR) is 111 cm³/mol. The van der Waals surface area contributed by atoms with Gasteiger partial charge in [0.15, 0.2) is 12.4 Å². The van der Waals surface area contributed by atoms with Crippen LogP contribution in [-0.4, -0.2) is 39.0 Å². The number of hydrogen-bond donors (Lipinski definition) is 1. The molecule has 3 heterocycles. The lowest BCUT2D eigenvalue weighted by Gasteiger charge is -2.28. The molecule has 1 N–H and O–H groups in total. The van der Waals surface area contributed by atoms with Crippen LogP contribution in [0.15, 0.2) is 41.3 Å². The Morgan fingerprint density at radius 2 is 2.17 bits per heavy atom. The van der Waals surface area contributed by atoms with E-state index in [-0.39, 0.29) is 12.5 Å². The van der Waals surface area contributed by atoms with Gasteiger partial charge in [-0.05, 0) is 50.7 Å². The Balaban J connectivity index is 1.26. The lowest BCUT2D eigenvalue weighted by Crippen LogP contribution is -2.34. The Morgan fingerprint density at radius 1 is 1.33 bits per heavy atom. The number of aryl methyl sites for hydroxylation is 2. The molecule has 0 bridgehead atoms. The molecule has 0 aliphatic heterocycles. The number of pyridine rings is 1.